The largest absolute Gasteiger partial charge is 0.342 e. The molecule has 0 aliphatic carbocycles. The third-order valence-electron chi connectivity index (χ3n) is 3.65. The molecule has 0 bridgehead atoms. The normalized spacial score (nSPS) is 10.3. The molecular weight excluding hydrogens is 324 g/mol. The van der Waals surface area contributed by atoms with E-state index in [4.69, 9.17) is 11.6 Å². The number of nitrogens with one attached hydrogen (secondary N) is 1. The molecule has 0 aliphatic heterocycles. The van der Waals surface area contributed by atoms with Crippen molar-refractivity contribution in [2.24, 2.45) is 0 Å². The van der Waals surface area contributed by atoms with Gasteiger partial charge in [0.15, 0.2) is 0 Å². The number of carbonyl (C=O) groups is 2. The van der Waals surface area contributed by atoms with E-state index in [1.807, 2.05) is 0 Å². The summed E-state index contributed by atoms with van der Waals surface area (Å²) < 4.78 is 0. The van der Waals surface area contributed by atoms with Crippen molar-refractivity contribution in [1.29, 1.82) is 0 Å². The highest BCUT2D eigenvalue weighted by molar-refractivity contribution is 6.31. The van der Waals surface area contributed by atoms with Gasteiger partial charge >= 0.3 is 0 Å². The fourth-order valence-electron chi connectivity index (χ4n) is 2.28. The molecule has 0 heterocycles. The highest BCUT2D eigenvalue weighted by Gasteiger charge is 2.14. The van der Waals surface area contributed by atoms with Crippen molar-refractivity contribution >= 4 is 29.1 Å². The van der Waals surface area contributed by atoms with Crippen molar-refractivity contribution in [2.45, 2.75) is 19.8 Å². The van der Waals surface area contributed by atoms with Crippen molar-refractivity contribution in [1.82, 2.24) is 4.90 Å². The standard InChI is InChI=1S/C19H21ClN2O2/c1-3-4-11-22(2)19(24)15-8-5-7-14(12-15)18(23)21-17-10-6-9-16(20)13-17/h5-10,12-13H,3-4,11H2,1-2H3,(H,21,23). The van der Waals surface area contributed by atoms with Crippen molar-refractivity contribution in [3.63, 3.8) is 0 Å². The molecule has 5 heteroatoms. The van der Waals surface area contributed by atoms with E-state index in [-0.39, 0.29) is 11.8 Å². The van der Waals surface area contributed by atoms with Gasteiger partial charge in [-0.15, -0.1) is 0 Å². The van der Waals surface area contributed by atoms with Gasteiger partial charge in [-0.3, -0.25) is 9.59 Å². The highest BCUT2D eigenvalue weighted by Crippen LogP contribution is 2.16. The second-order valence-electron chi connectivity index (χ2n) is 5.63. The molecular formula is C19H21ClN2O2. The van der Waals surface area contributed by atoms with Crippen LogP contribution < -0.4 is 5.32 Å². The van der Waals surface area contributed by atoms with E-state index in [2.05, 4.69) is 12.2 Å². The predicted octanol–water partition coefficient (Wildman–Crippen LogP) is 4.46. The minimum absolute atomic E-state index is 0.0825. The summed E-state index contributed by atoms with van der Waals surface area (Å²) in [6, 6.07) is 13.7. The molecule has 2 aromatic rings. The van der Waals surface area contributed by atoms with Crippen molar-refractivity contribution in [3.8, 4) is 0 Å². The molecule has 2 amide bonds. The molecule has 0 unspecified atom stereocenters. The molecule has 126 valence electrons. The molecule has 0 radical (unpaired) electrons. The first-order valence-corrected chi connectivity index (χ1v) is 8.31. The van der Waals surface area contributed by atoms with Crippen LogP contribution in [-0.4, -0.2) is 30.3 Å². The van der Waals surface area contributed by atoms with Crippen LogP contribution in [0.5, 0.6) is 0 Å². The van der Waals surface area contributed by atoms with Gasteiger partial charge in [0.05, 0.1) is 0 Å². The van der Waals surface area contributed by atoms with Gasteiger partial charge in [0.2, 0.25) is 0 Å². The van der Waals surface area contributed by atoms with E-state index in [0.29, 0.717) is 28.4 Å². The second kappa shape index (κ2) is 8.50. The van der Waals surface area contributed by atoms with E-state index in [1.165, 1.54) is 0 Å². The summed E-state index contributed by atoms with van der Waals surface area (Å²) in [4.78, 5) is 26.4. The Labute approximate surface area is 147 Å². The quantitative estimate of drug-likeness (QED) is 0.840. The van der Waals surface area contributed by atoms with E-state index in [0.717, 1.165) is 12.8 Å². The summed E-state index contributed by atoms with van der Waals surface area (Å²) >= 11 is 5.92. The molecule has 2 rings (SSSR count). The van der Waals surface area contributed by atoms with E-state index in [1.54, 1.807) is 60.5 Å². The third-order valence-corrected chi connectivity index (χ3v) is 3.88. The maximum atomic E-state index is 12.4. The molecule has 4 nitrogen and oxygen atoms in total. The lowest BCUT2D eigenvalue weighted by molar-refractivity contribution is 0.0793. The van der Waals surface area contributed by atoms with E-state index >= 15 is 0 Å². The van der Waals surface area contributed by atoms with Gasteiger partial charge in [0, 0.05) is 35.4 Å². The van der Waals surface area contributed by atoms with Gasteiger partial charge in [0.25, 0.3) is 11.8 Å². The Kier molecular flexibility index (Phi) is 6.38. The molecule has 24 heavy (non-hydrogen) atoms. The summed E-state index contributed by atoms with van der Waals surface area (Å²) in [5.74, 6) is -0.357. The van der Waals surface area contributed by atoms with E-state index < -0.39 is 0 Å². The lowest BCUT2D eigenvalue weighted by Gasteiger charge is -2.17. The first-order chi connectivity index (χ1) is 11.5. The summed E-state index contributed by atoms with van der Waals surface area (Å²) in [5.41, 5.74) is 1.56. The first kappa shape index (κ1) is 18.0. The zero-order valence-corrected chi connectivity index (χ0v) is 14.6. The van der Waals surface area contributed by atoms with Crippen LogP contribution in [0.3, 0.4) is 0 Å². The average molecular weight is 345 g/mol. The van der Waals surface area contributed by atoms with Crippen LogP contribution in [0.15, 0.2) is 48.5 Å². The molecule has 0 aromatic heterocycles. The number of anilines is 1. The number of nitrogens with zero attached hydrogens (tertiary/aromatic N) is 1. The number of halogens is 1. The Bertz CT molecular complexity index is 731. The van der Waals surface area contributed by atoms with Crippen LogP contribution in [0.25, 0.3) is 0 Å². The molecule has 0 spiro atoms. The van der Waals surface area contributed by atoms with Gasteiger partial charge in [0.1, 0.15) is 0 Å². The first-order valence-electron chi connectivity index (χ1n) is 7.93. The third kappa shape index (κ3) is 4.83. The maximum Gasteiger partial charge on any atom is 0.255 e. The molecule has 0 saturated carbocycles. The fourth-order valence-corrected chi connectivity index (χ4v) is 2.47. The summed E-state index contributed by atoms with van der Waals surface area (Å²) in [6.45, 7) is 2.79. The minimum atomic E-state index is -0.275. The van der Waals surface area contributed by atoms with Crippen molar-refractivity contribution < 1.29 is 9.59 Å². The summed E-state index contributed by atoms with van der Waals surface area (Å²) in [5, 5.41) is 3.33. The van der Waals surface area contributed by atoms with Crippen LogP contribution in [0.2, 0.25) is 5.02 Å². The van der Waals surface area contributed by atoms with Crippen LogP contribution >= 0.6 is 11.6 Å². The Hall–Kier alpha value is -2.33. The van der Waals surface area contributed by atoms with E-state index in [9.17, 15) is 9.59 Å². The number of rotatable bonds is 6. The Balaban J connectivity index is 2.11. The van der Waals surface area contributed by atoms with Crippen molar-refractivity contribution in [3.05, 3.63) is 64.7 Å². The van der Waals surface area contributed by atoms with Crippen molar-refractivity contribution in [2.75, 3.05) is 18.9 Å². The topological polar surface area (TPSA) is 49.4 Å². The SMILES string of the molecule is CCCCN(C)C(=O)c1cccc(C(=O)Nc2cccc(Cl)c2)c1. The Morgan fingerprint density at radius 1 is 1.08 bits per heavy atom. The smallest absolute Gasteiger partial charge is 0.255 e. The molecule has 2 aromatic carbocycles. The summed E-state index contributed by atoms with van der Waals surface area (Å²) in [6.07, 6.45) is 1.98. The molecule has 0 saturated heterocycles. The monoisotopic (exact) mass is 344 g/mol. The zero-order valence-electron chi connectivity index (χ0n) is 13.9. The predicted molar refractivity (Wildman–Crippen MR) is 97.7 cm³/mol. The lowest BCUT2D eigenvalue weighted by Crippen LogP contribution is -2.28. The molecule has 0 fully saturated rings. The number of benzene rings is 2. The van der Waals surface area contributed by atoms with Gasteiger partial charge in [-0.25, -0.2) is 0 Å². The number of hydrogen-bond acceptors (Lipinski definition) is 2. The van der Waals surface area contributed by atoms with Gasteiger partial charge in [-0.05, 0) is 42.8 Å². The highest BCUT2D eigenvalue weighted by atomic mass is 35.5. The van der Waals surface area contributed by atoms with Crippen LogP contribution in [-0.2, 0) is 0 Å². The van der Waals surface area contributed by atoms with Gasteiger partial charge in [-0.1, -0.05) is 37.1 Å². The lowest BCUT2D eigenvalue weighted by atomic mass is 10.1. The number of hydrogen-bond donors (Lipinski definition) is 1. The van der Waals surface area contributed by atoms with Crippen LogP contribution in [0.4, 0.5) is 5.69 Å². The maximum absolute atomic E-state index is 12.4. The Morgan fingerprint density at radius 3 is 2.50 bits per heavy atom. The van der Waals surface area contributed by atoms with Gasteiger partial charge < -0.3 is 10.2 Å². The molecule has 0 aliphatic rings. The fraction of sp³-hybridized carbons (Fsp3) is 0.263. The van der Waals surface area contributed by atoms with Crippen LogP contribution in [0.1, 0.15) is 40.5 Å². The Morgan fingerprint density at radius 2 is 1.79 bits per heavy atom. The zero-order chi connectivity index (χ0) is 17.5. The molecule has 0 atom stereocenters. The number of carbonyl (C=O) groups excluding carboxylic acids is 2. The second-order valence-corrected chi connectivity index (χ2v) is 6.06. The number of amides is 2. The number of unbranched alkanes of at least 4 members (excludes halogenated alkanes) is 1. The van der Waals surface area contributed by atoms with Gasteiger partial charge in [-0.2, -0.15) is 0 Å². The molecule has 1 N–H and O–H groups in total. The van der Waals surface area contributed by atoms with Crippen LogP contribution in [0, 0.1) is 0 Å². The average Bonchev–Trinajstić information content (AvgIpc) is 2.59. The summed E-state index contributed by atoms with van der Waals surface area (Å²) in [7, 11) is 1.77. The minimum Gasteiger partial charge on any atom is -0.342 e.